The van der Waals surface area contributed by atoms with Gasteiger partial charge in [-0.1, -0.05) is 37.8 Å². The van der Waals surface area contributed by atoms with Crippen LogP contribution in [-0.4, -0.2) is 77.2 Å². The van der Waals surface area contributed by atoms with Crippen LogP contribution in [0.4, 0.5) is 0 Å². The fourth-order valence-electron chi connectivity index (χ4n) is 3.80. The highest BCUT2D eigenvalue weighted by atomic mass is 35.5. The summed E-state index contributed by atoms with van der Waals surface area (Å²) in [6, 6.07) is 14.5. The van der Waals surface area contributed by atoms with Gasteiger partial charge in [0.05, 0.1) is 17.1 Å². The molecule has 1 aliphatic carbocycles. The first-order chi connectivity index (χ1) is 24.2. The zero-order chi connectivity index (χ0) is 36.3. The van der Waals surface area contributed by atoms with Crippen LogP contribution in [0.25, 0.3) is 10.8 Å². The molecule has 8 rings (SSSR count). The number of nitrogens with one attached hydrogen (secondary N) is 2. The van der Waals surface area contributed by atoms with Gasteiger partial charge in [-0.2, -0.15) is 0 Å². The molecule has 53 heavy (non-hydrogen) atoms. The summed E-state index contributed by atoms with van der Waals surface area (Å²) in [6.07, 6.45) is 9.21. The second-order valence-electron chi connectivity index (χ2n) is 9.22. The fourth-order valence-corrected chi connectivity index (χ4v) is 5.88. The Balaban J connectivity index is 0.000000650. The number of rotatable bonds is 1. The summed E-state index contributed by atoms with van der Waals surface area (Å²) in [4.78, 5) is 20.2. The van der Waals surface area contributed by atoms with Gasteiger partial charge in [0.15, 0.2) is 17.7 Å². The molecule has 4 radical (unpaired) electrons. The van der Waals surface area contributed by atoms with Gasteiger partial charge in [-0.05, 0) is 36.6 Å². The normalized spacial score (nSPS) is 13.6. The zero-order valence-electron chi connectivity index (χ0n) is 27.6. The summed E-state index contributed by atoms with van der Waals surface area (Å²) >= 11 is 0. The quantitative estimate of drug-likeness (QED) is 0.133. The molecule has 0 saturated carbocycles. The number of hydrogen-bond donors (Lipinski definition) is 2. The standard InChI is InChI=1S/C12H9O2Si.C8H7O3Si.C6H5NO2Si.C2H4O2.CH2N2O2Si.CH2O2.CH4.2ClH/c1-8-10-7-6-9-4-2-3-5-11(9)12(10)14-15-13-8;1-9-6-2-4-7-8(5-3-6)11-12-10-7;1-4-6-5(2-3-7-4)8-10-9-6;1-2(3)4;2-1-3-5-6-4-1;2-1-3;;;/h2-7H,1H3;2-5H,1H3;2-3H,1H3;1H3,(H,3,4);(H2,2,3);1H,(H,2,3);1H4;2*1H/q;;-1;;-1;;;;/p-2. The first kappa shape index (κ1) is 47.9. The van der Waals surface area contributed by atoms with Gasteiger partial charge in [0.2, 0.25) is 5.69 Å². The highest BCUT2D eigenvalue weighted by Crippen LogP contribution is 2.32. The molecule has 5 aliphatic rings. The summed E-state index contributed by atoms with van der Waals surface area (Å²) in [5.74, 6) is 4.85. The van der Waals surface area contributed by atoms with Crippen molar-refractivity contribution >= 4 is 80.8 Å². The summed E-state index contributed by atoms with van der Waals surface area (Å²) in [5, 5.41) is 21.8. The topological polar surface area (TPSA) is 222 Å². The molecule has 0 fully saturated rings. The number of pyridine rings is 1. The number of amidine groups is 1. The number of ketones is 2. The third kappa shape index (κ3) is 15.6. The molecule has 0 amide bonds. The molecule has 0 bridgehead atoms. The van der Waals surface area contributed by atoms with Crippen molar-refractivity contribution in [1.29, 1.82) is 0 Å². The van der Waals surface area contributed by atoms with Crippen molar-refractivity contribution in [3.05, 3.63) is 95.7 Å². The van der Waals surface area contributed by atoms with Crippen LogP contribution < -0.4 is 64.2 Å². The van der Waals surface area contributed by atoms with Gasteiger partial charge < -0.3 is 84.2 Å². The van der Waals surface area contributed by atoms with Crippen molar-refractivity contribution in [3.63, 3.8) is 0 Å². The van der Waals surface area contributed by atoms with E-state index in [0.717, 1.165) is 63.9 Å². The summed E-state index contributed by atoms with van der Waals surface area (Å²) in [7, 11) is 1.93. The number of aromatic nitrogens is 1. The minimum atomic E-state index is -1.08. The van der Waals surface area contributed by atoms with Crippen molar-refractivity contribution in [3.8, 4) is 17.2 Å². The lowest BCUT2D eigenvalue weighted by molar-refractivity contribution is -0.705. The van der Waals surface area contributed by atoms with E-state index in [2.05, 4.69) is 43.4 Å². The number of carbonyl (C=O) groups excluding carboxylic acids is 4. The molecule has 284 valence electrons. The molecule has 0 spiro atoms. The largest absolute Gasteiger partial charge is 1.00 e. The molecule has 4 N–H and O–H groups in total. The molecule has 2 aromatic carbocycles. The van der Waals surface area contributed by atoms with Crippen molar-refractivity contribution in [2.45, 2.75) is 28.2 Å². The van der Waals surface area contributed by atoms with E-state index in [9.17, 15) is 0 Å². The number of carboxylic acids is 1. The van der Waals surface area contributed by atoms with Gasteiger partial charge in [-0.15, -0.1) is 5.16 Å². The predicted octanol–water partition coefficient (Wildman–Crippen LogP) is -8.10. The van der Waals surface area contributed by atoms with Gasteiger partial charge in [-0.3, -0.25) is 5.73 Å². The number of H-pyrrole nitrogens is 1. The minimum absolute atomic E-state index is 0. The molecule has 0 saturated heterocycles. The second kappa shape index (κ2) is 25.8. The third-order valence-electron chi connectivity index (χ3n) is 5.92. The van der Waals surface area contributed by atoms with Gasteiger partial charge >= 0.3 is 31.8 Å². The van der Waals surface area contributed by atoms with Crippen LogP contribution in [0.1, 0.15) is 36.6 Å². The summed E-state index contributed by atoms with van der Waals surface area (Å²) in [5.41, 5.74) is 7.08. The molecular formula is C31H33Cl2N3O13Si4-4. The summed E-state index contributed by atoms with van der Waals surface area (Å²) < 4.78 is 45.8. The number of methoxy groups -OCH3 is 1. The molecule has 3 aromatic rings. The molecule has 4 aliphatic heterocycles. The first-order valence-corrected chi connectivity index (χ1v) is 17.3. The Morgan fingerprint density at radius 3 is 2.25 bits per heavy atom. The van der Waals surface area contributed by atoms with Crippen molar-refractivity contribution < 1.29 is 94.4 Å². The van der Waals surface area contributed by atoms with E-state index in [-0.39, 0.29) is 78.3 Å². The number of nitrogens with two attached hydrogens (primary N) is 1. The van der Waals surface area contributed by atoms with E-state index in [1.54, 1.807) is 7.11 Å². The molecule has 1 aromatic heterocycles. The Bertz CT molecular complexity index is 1840. The van der Waals surface area contributed by atoms with E-state index in [4.69, 9.17) is 56.2 Å². The third-order valence-corrected chi connectivity index (χ3v) is 8.28. The van der Waals surface area contributed by atoms with Crippen LogP contribution in [0.15, 0.2) is 84.5 Å². The number of halogens is 2. The maximum atomic E-state index is 8.89. The van der Waals surface area contributed by atoms with E-state index < -0.39 is 12.4 Å². The Kier molecular flexibility index (Phi) is 23.3. The van der Waals surface area contributed by atoms with E-state index >= 15 is 0 Å². The number of allylic oxidation sites excluding steroid dienone is 4. The maximum Gasteiger partial charge on any atom is 0.429 e. The number of fused-ring (bicyclic) bond motifs is 5. The number of carbonyl (C=O) groups is 2. The lowest BCUT2D eigenvalue weighted by atomic mass is 10.0. The van der Waals surface area contributed by atoms with Crippen molar-refractivity contribution in [2.75, 3.05) is 7.11 Å². The number of ether oxygens (including phenoxy) is 1. The first-order valence-electron chi connectivity index (χ1n) is 14.0. The highest BCUT2D eigenvalue weighted by molar-refractivity contribution is 6.25. The molecule has 0 atom stereocenters. The van der Waals surface area contributed by atoms with Crippen LogP contribution in [0.2, 0.25) is 0 Å². The number of hydrogen-bond acceptors (Lipinski definition) is 12. The van der Waals surface area contributed by atoms with Gasteiger partial charge in [-0.25, -0.2) is 4.98 Å². The van der Waals surface area contributed by atoms with Gasteiger partial charge in [0.1, 0.15) is 32.8 Å². The Labute approximate surface area is 328 Å². The molecule has 0 unspecified atom stereocenters. The van der Waals surface area contributed by atoms with Crippen molar-refractivity contribution in [2.24, 2.45) is 5.73 Å². The average Bonchev–Trinajstić information content (AvgIpc) is 3.88. The molecule has 5 heterocycles. The number of carboxylic acid groups (broad SMARTS) is 2. The van der Waals surface area contributed by atoms with Gasteiger partial charge in [0.25, 0.3) is 5.78 Å². The van der Waals surface area contributed by atoms with Crippen LogP contribution in [-0.2, 0) is 31.8 Å². The SMILES string of the molecule is C.CC(=O)[O-].CC1=[O+][Si-]Oc2c1ccc1ccccc21.COC1=CC=C2O[Si-][O+]=C2C=C1.Cc1[nH+]ccc2c1O[Si-]O2.NC1=[NH+]O[Si-]O1.O=C[O-].[Cl-].[Cl-]. The zero-order valence-corrected chi connectivity index (χ0v) is 33.2. The smallest absolute Gasteiger partial charge is 0.429 e. The lowest BCUT2D eigenvalue weighted by Gasteiger charge is -2.17. The number of aliphatic carboxylic acids is 1. The van der Waals surface area contributed by atoms with E-state index in [1.807, 2.05) is 62.5 Å². The van der Waals surface area contributed by atoms with Crippen LogP contribution >= 0.6 is 0 Å². The maximum absolute atomic E-state index is 8.89. The van der Waals surface area contributed by atoms with E-state index in [1.165, 1.54) is 5.39 Å². The Morgan fingerprint density at radius 2 is 1.62 bits per heavy atom. The van der Waals surface area contributed by atoms with E-state index in [0.29, 0.717) is 0 Å². The van der Waals surface area contributed by atoms with Crippen molar-refractivity contribution in [1.82, 2.24) is 0 Å². The monoisotopic (exact) mass is 837 g/mol. The van der Waals surface area contributed by atoms with Crippen LogP contribution in [0, 0.1) is 6.92 Å². The predicted molar refractivity (Wildman–Crippen MR) is 181 cm³/mol. The number of benzene rings is 2. The number of aryl methyl sites for hydroxylation is 1. The lowest BCUT2D eigenvalue weighted by Crippen LogP contribution is -3.00. The van der Waals surface area contributed by atoms with Crippen LogP contribution in [0.3, 0.4) is 0 Å². The summed E-state index contributed by atoms with van der Waals surface area (Å²) in [6.45, 7) is 4.40. The van der Waals surface area contributed by atoms with Crippen LogP contribution in [0.5, 0.6) is 17.2 Å². The fraction of sp³-hybridized carbons (Fsp3) is 0.161. The second-order valence-corrected chi connectivity index (χ2v) is 11.5. The minimum Gasteiger partial charge on any atom is -1.00 e. The Morgan fingerprint density at radius 1 is 0.925 bits per heavy atom. The molecule has 16 nitrogen and oxygen atoms in total. The molecule has 22 heteroatoms. The van der Waals surface area contributed by atoms with Gasteiger partial charge in [0, 0.05) is 43.8 Å². The Hall–Kier alpha value is -5.13. The highest BCUT2D eigenvalue weighted by Gasteiger charge is 2.19. The average molecular weight is 839 g/mol. The number of aromatic amines is 1. The molecular weight excluding hydrogens is 806 g/mol.